The Morgan fingerprint density at radius 2 is 2.29 bits per heavy atom. The van der Waals surface area contributed by atoms with E-state index in [4.69, 9.17) is 11.6 Å². The van der Waals surface area contributed by atoms with Gasteiger partial charge in [0.05, 0.1) is 15.5 Å². The van der Waals surface area contributed by atoms with Crippen LogP contribution in [0, 0.1) is 0 Å². The number of halogens is 1. The van der Waals surface area contributed by atoms with Gasteiger partial charge in [-0.2, -0.15) is 0 Å². The molecule has 0 saturated heterocycles. The highest BCUT2D eigenvalue weighted by molar-refractivity contribution is 8.02. The molecule has 1 atom stereocenters. The average molecular weight is 395 g/mol. The molecule has 0 N–H and O–H groups in total. The maximum absolute atomic E-state index is 12.8. The minimum absolute atomic E-state index is 0.138. The van der Waals surface area contributed by atoms with Crippen LogP contribution >= 0.6 is 46.0 Å². The second-order valence-electron chi connectivity index (χ2n) is 5.73. The number of fused-ring (bicyclic) bond motifs is 2. The van der Waals surface area contributed by atoms with Crippen molar-refractivity contribution in [1.29, 1.82) is 0 Å². The van der Waals surface area contributed by atoms with Crippen LogP contribution in [0.15, 0.2) is 34.0 Å². The van der Waals surface area contributed by atoms with Crippen LogP contribution in [0.2, 0.25) is 5.02 Å². The van der Waals surface area contributed by atoms with Crippen molar-refractivity contribution in [3.63, 3.8) is 0 Å². The van der Waals surface area contributed by atoms with E-state index in [9.17, 15) is 4.79 Å². The Hall–Kier alpha value is -1.08. The van der Waals surface area contributed by atoms with Crippen LogP contribution in [0.25, 0.3) is 10.2 Å². The second kappa shape index (κ2) is 6.67. The van der Waals surface area contributed by atoms with Crippen LogP contribution in [0.3, 0.4) is 0 Å². The van der Waals surface area contributed by atoms with Gasteiger partial charge in [0.25, 0.3) is 0 Å². The van der Waals surface area contributed by atoms with Crippen molar-refractivity contribution >= 4 is 62.2 Å². The Morgan fingerprint density at radius 1 is 1.42 bits per heavy atom. The first-order valence-electron chi connectivity index (χ1n) is 7.67. The molecule has 4 rings (SSSR count). The molecule has 1 amide bonds. The number of carbonyl (C=O) groups is 1. The van der Waals surface area contributed by atoms with Crippen molar-refractivity contribution in [2.75, 3.05) is 6.54 Å². The van der Waals surface area contributed by atoms with Gasteiger partial charge in [-0.25, -0.2) is 4.98 Å². The Bertz CT molecular complexity index is 904. The Balaban J connectivity index is 1.47. The van der Waals surface area contributed by atoms with Gasteiger partial charge >= 0.3 is 0 Å². The second-order valence-corrected chi connectivity index (χ2v) is 9.79. The van der Waals surface area contributed by atoms with E-state index in [1.165, 1.54) is 22.2 Å². The lowest BCUT2D eigenvalue weighted by Crippen LogP contribution is -2.39. The fourth-order valence-electron chi connectivity index (χ4n) is 2.83. The van der Waals surface area contributed by atoms with Crippen LogP contribution in [-0.4, -0.2) is 27.6 Å². The molecule has 1 aliphatic rings. The lowest BCUT2D eigenvalue weighted by atomic mass is 10.1. The van der Waals surface area contributed by atoms with Crippen LogP contribution in [0.5, 0.6) is 0 Å². The highest BCUT2D eigenvalue weighted by Gasteiger charge is 2.26. The third kappa shape index (κ3) is 3.20. The quantitative estimate of drug-likeness (QED) is 0.581. The summed E-state index contributed by atoms with van der Waals surface area (Å²) in [6.45, 7) is 3.51. The van der Waals surface area contributed by atoms with Crippen LogP contribution in [0.4, 0.5) is 0 Å². The number of hydrogen-bond acceptors (Lipinski definition) is 5. The normalized spacial score (nSPS) is 15.5. The Labute approximate surface area is 157 Å². The fraction of sp³-hybridized carbons (Fsp3) is 0.294. The van der Waals surface area contributed by atoms with E-state index in [0.29, 0.717) is 5.02 Å². The van der Waals surface area contributed by atoms with Crippen LogP contribution in [0.1, 0.15) is 17.4 Å². The molecule has 3 nitrogen and oxygen atoms in total. The molecule has 1 unspecified atom stereocenters. The third-order valence-electron chi connectivity index (χ3n) is 4.07. The predicted molar refractivity (Wildman–Crippen MR) is 103 cm³/mol. The van der Waals surface area contributed by atoms with Gasteiger partial charge in [-0.05, 0) is 48.6 Å². The van der Waals surface area contributed by atoms with Gasteiger partial charge < -0.3 is 4.90 Å². The number of amides is 1. The molecular weight excluding hydrogens is 380 g/mol. The summed E-state index contributed by atoms with van der Waals surface area (Å²) in [5.74, 6) is 0.189. The molecule has 3 aromatic rings. The van der Waals surface area contributed by atoms with Crippen LogP contribution in [-0.2, 0) is 17.8 Å². The summed E-state index contributed by atoms with van der Waals surface area (Å²) in [6.07, 6.45) is 0.968. The van der Waals surface area contributed by atoms with E-state index in [2.05, 4.69) is 16.4 Å². The molecule has 0 fully saturated rings. The number of aromatic nitrogens is 1. The standard InChI is InChI=1S/C17H15ClN2OS3/c1-10(16(21)20-6-4-14-11(9-20)5-7-22-14)23-17-19-13-8-12(18)2-3-15(13)24-17/h2-3,5,7-8,10H,4,6,9H2,1H3. The summed E-state index contributed by atoms with van der Waals surface area (Å²) < 4.78 is 2.02. The van der Waals surface area contributed by atoms with Gasteiger partial charge in [0.2, 0.25) is 5.91 Å². The predicted octanol–water partition coefficient (Wildman–Crippen LogP) is 5.08. The molecule has 0 bridgehead atoms. The lowest BCUT2D eigenvalue weighted by molar-refractivity contribution is -0.131. The summed E-state index contributed by atoms with van der Waals surface area (Å²) in [4.78, 5) is 20.8. The number of hydrogen-bond donors (Lipinski definition) is 0. The number of nitrogens with zero attached hydrogens (tertiary/aromatic N) is 2. The molecule has 0 aliphatic carbocycles. The number of thiazole rings is 1. The van der Waals surface area contributed by atoms with Gasteiger partial charge in [-0.3, -0.25) is 4.79 Å². The van der Waals surface area contributed by atoms with Crippen molar-refractivity contribution in [1.82, 2.24) is 9.88 Å². The zero-order valence-electron chi connectivity index (χ0n) is 13.0. The van der Waals surface area contributed by atoms with Crippen molar-refractivity contribution in [3.8, 4) is 0 Å². The van der Waals surface area contributed by atoms with E-state index in [1.807, 2.05) is 30.0 Å². The minimum atomic E-state index is -0.138. The number of benzene rings is 1. The van der Waals surface area contributed by atoms with E-state index < -0.39 is 0 Å². The number of carbonyl (C=O) groups excluding carboxylic acids is 1. The van der Waals surface area contributed by atoms with E-state index in [1.54, 1.807) is 22.7 Å². The highest BCUT2D eigenvalue weighted by atomic mass is 35.5. The fourth-order valence-corrected chi connectivity index (χ4v) is 6.16. The summed E-state index contributed by atoms with van der Waals surface area (Å²) in [5.41, 5.74) is 2.20. The largest absolute Gasteiger partial charge is 0.337 e. The van der Waals surface area contributed by atoms with Gasteiger partial charge in [0.15, 0.2) is 4.34 Å². The van der Waals surface area contributed by atoms with Gasteiger partial charge in [0, 0.05) is 23.0 Å². The van der Waals surface area contributed by atoms with Crippen LogP contribution < -0.4 is 0 Å². The lowest BCUT2D eigenvalue weighted by Gasteiger charge is -2.29. The topological polar surface area (TPSA) is 33.2 Å². The number of thioether (sulfide) groups is 1. The first-order valence-corrected chi connectivity index (χ1v) is 10.6. The van der Waals surface area contributed by atoms with Gasteiger partial charge in [-0.1, -0.05) is 23.4 Å². The maximum atomic E-state index is 12.8. The Kier molecular flexibility index (Phi) is 4.56. The molecule has 1 aliphatic heterocycles. The molecule has 3 heterocycles. The Morgan fingerprint density at radius 3 is 3.17 bits per heavy atom. The van der Waals surface area contributed by atoms with Crippen molar-refractivity contribution < 1.29 is 4.79 Å². The summed E-state index contributed by atoms with van der Waals surface area (Å²) >= 11 is 11.0. The van der Waals surface area contributed by atoms with Crippen molar-refractivity contribution in [2.24, 2.45) is 0 Å². The SMILES string of the molecule is CC(Sc1nc2cc(Cl)ccc2s1)C(=O)N1CCc2sccc2C1. The molecule has 0 radical (unpaired) electrons. The molecular formula is C17H15ClN2OS3. The molecule has 2 aromatic heterocycles. The first-order chi connectivity index (χ1) is 11.6. The summed E-state index contributed by atoms with van der Waals surface area (Å²) in [6, 6.07) is 7.85. The molecule has 1 aromatic carbocycles. The minimum Gasteiger partial charge on any atom is -0.337 e. The van der Waals surface area contributed by atoms with E-state index >= 15 is 0 Å². The van der Waals surface area contributed by atoms with Gasteiger partial charge in [0.1, 0.15) is 0 Å². The molecule has 24 heavy (non-hydrogen) atoms. The van der Waals surface area contributed by atoms with E-state index in [-0.39, 0.29) is 11.2 Å². The summed E-state index contributed by atoms with van der Waals surface area (Å²) in [5, 5.41) is 2.66. The monoisotopic (exact) mass is 394 g/mol. The smallest absolute Gasteiger partial charge is 0.236 e. The highest BCUT2D eigenvalue weighted by Crippen LogP contribution is 2.34. The number of rotatable bonds is 3. The molecule has 7 heteroatoms. The van der Waals surface area contributed by atoms with Crippen molar-refractivity contribution in [3.05, 3.63) is 45.1 Å². The summed E-state index contributed by atoms with van der Waals surface area (Å²) in [7, 11) is 0. The average Bonchev–Trinajstić information content (AvgIpc) is 3.18. The molecule has 0 saturated carbocycles. The number of thiophene rings is 1. The first kappa shape index (κ1) is 16.4. The molecule has 124 valence electrons. The maximum Gasteiger partial charge on any atom is 0.236 e. The van der Waals surface area contributed by atoms with Crippen molar-refractivity contribution in [2.45, 2.75) is 29.5 Å². The third-order valence-corrected chi connectivity index (χ3v) is 7.55. The zero-order chi connectivity index (χ0) is 16.7. The zero-order valence-corrected chi connectivity index (χ0v) is 16.2. The van der Waals surface area contributed by atoms with Gasteiger partial charge in [-0.15, -0.1) is 22.7 Å². The molecule has 0 spiro atoms. The van der Waals surface area contributed by atoms with E-state index in [0.717, 1.165) is 34.1 Å².